The first-order valence-corrected chi connectivity index (χ1v) is 12.2. The van der Waals surface area contributed by atoms with Crippen LogP contribution in [0.3, 0.4) is 0 Å². The number of fused-ring (bicyclic) bond motifs is 2. The average Bonchev–Trinajstić information content (AvgIpc) is 3.31. The van der Waals surface area contributed by atoms with Gasteiger partial charge in [-0.15, -0.1) is 11.3 Å². The number of thiazole rings is 1. The van der Waals surface area contributed by atoms with Crippen molar-refractivity contribution < 1.29 is 13.0 Å². The molecule has 0 amide bonds. The maximum Gasteiger partial charge on any atom is 0.295 e. The monoisotopic (exact) mass is 455 g/mol. The number of nitrogens with zero attached hydrogens (tertiary/aromatic N) is 1. The number of anilines is 2. The quantitative estimate of drug-likeness (QED) is 0.299. The van der Waals surface area contributed by atoms with Gasteiger partial charge in [-0.2, -0.15) is 8.42 Å². The molecule has 9 heteroatoms. The van der Waals surface area contributed by atoms with Gasteiger partial charge in [0.15, 0.2) is 0 Å². The SMILES string of the molecule is Cc1ccc2c(c1S(=O)(=O)O)SC(c1ccc(N)cc1)(c1ccc3ncsc3c1)N2. The molecule has 1 aromatic heterocycles. The Balaban J connectivity index is 1.77. The molecule has 4 aromatic rings. The highest BCUT2D eigenvalue weighted by molar-refractivity contribution is 8.01. The third-order valence-electron chi connectivity index (χ3n) is 5.19. The Morgan fingerprint density at radius 2 is 1.80 bits per heavy atom. The van der Waals surface area contributed by atoms with Crippen LogP contribution in [0.5, 0.6) is 0 Å². The predicted molar refractivity (Wildman–Crippen MR) is 122 cm³/mol. The number of nitrogen functional groups attached to an aromatic ring is 1. The van der Waals surface area contributed by atoms with Gasteiger partial charge in [-0.05, 0) is 53.9 Å². The van der Waals surface area contributed by atoms with E-state index in [1.807, 2.05) is 42.5 Å². The lowest BCUT2D eigenvalue weighted by Crippen LogP contribution is -2.29. The topological polar surface area (TPSA) is 105 Å². The number of rotatable bonds is 3. The Kier molecular flexibility index (Phi) is 4.33. The molecule has 30 heavy (non-hydrogen) atoms. The molecule has 0 radical (unpaired) electrons. The van der Waals surface area contributed by atoms with Crippen molar-refractivity contribution in [3.63, 3.8) is 0 Å². The minimum atomic E-state index is -4.39. The summed E-state index contributed by atoms with van der Waals surface area (Å²) < 4.78 is 35.3. The minimum Gasteiger partial charge on any atom is -0.399 e. The van der Waals surface area contributed by atoms with Crippen LogP contribution in [0.1, 0.15) is 16.7 Å². The third kappa shape index (κ3) is 2.97. The van der Waals surface area contributed by atoms with Crippen molar-refractivity contribution in [1.82, 2.24) is 4.98 Å². The summed E-state index contributed by atoms with van der Waals surface area (Å²) in [7, 11) is -4.39. The highest BCUT2D eigenvalue weighted by Gasteiger charge is 2.44. The predicted octanol–water partition coefficient (Wildman–Crippen LogP) is 4.85. The van der Waals surface area contributed by atoms with Crippen LogP contribution in [0.2, 0.25) is 0 Å². The molecule has 1 aliphatic rings. The van der Waals surface area contributed by atoms with Crippen LogP contribution >= 0.6 is 23.1 Å². The van der Waals surface area contributed by atoms with Gasteiger partial charge in [0.2, 0.25) is 0 Å². The van der Waals surface area contributed by atoms with Crippen LogP contribution in [0.15, 0.2) is 69.9 Å². The number of nitrogens with one attached hydrogen (secondary N) is 1. The number of aromatic nitrogens is 1. The molecule has 1 atom stereocenters. The van der Waals surface area contributed by atoms with Gasteiger partial charge in [-0.3, -0.25) is 4.55 Å². The number of thioether (sulfide) groups is 1. The lowest BCUT2D eigenvalue weighted by atomic mass is 9.97. The van der Waals surface area contributed by atoms with Crippen molar-refractivity contribution in [2.75, 3.05) is 11.1 Å². The number of hydrogen-bond acceptors (Lipinski definition) is 7. The number of hydrogen-bond donors (Lipinski definition) is 3. The fourth-order valence-corrected chi connectivity index (χ4v) is 7.20. The van der Waals surface area contributed by atoms with E-state index in [4.69, 9.17) is 5.73 Å². The largest absolute Gasteiger partial charge is 0.399 e. The van der Waals surface area contributed by atoms with E-state index in [-0.39, 0.29) is 4.90 Å². The molecule has 0 fully saturated rings. The Labute approximate surface area is 181 Å². The first-order chi connectivity index (χ1) is 14.3. The molecule has 4 N–H and O–H groups in total. The number of benzene rings is 3. The summed E-state index contributed by atoms with van der Waals surface area (Å²) in [6.07, 6.45) is 0. The van der Waals surface area contributed by atoms with Crippen LogP contribution < -0.4 is 11.1 Å². The zero-order valence-electron chi connectivity index (χ0n) is 15.8. The Morgan fingerprint density at radius 1 is 1.07 bits per heavy atom. The summed E-state index contributed by atoms with van der Waals surface area (Å²) in [6.45, 7) is 1.68. The Bertz CT molecular complexity index is 1400. The van der Waals surface area contributed by atoms with E-state index in [1.165, 1.54) is 11.8 Å². The van der Waals surface area contributed by atoms with Gasteiger partial charge in [0.25, 0.3) is 10.1 Å². The van der Waals surface area contributed by atoms with E-state index in [0.717, 1.165) is 21.3 Å². The van der Waals surface area contributed by atoms with Crippen molar-refractivity contribution in [2.24, 2.45) is 0 Å². The Hall–Kier alpha value is -2.59. The highest BCUT2D eigenvalue weighted by atomic mass is 32.2. The van der Waals surface area contributed by atoms with Gasteiger partial charge in [0, 0.05) is 5.69 Å². The van der Waals surface area contributed by atoms with Crippen LogP contribution in [-0.4, -0.2) is 18.0 Å². The van der Waals surface area contributed by atoms with Gasteiger partial charge in [-0.25, -0.2) is 4.98 Å². The van der Waals surface area contributed by atoms with Gasteiger partial charge in [0.1, 0.15) is 9.77 Å². The highest BCUT2D eigenvalue weighted by Crippen LogP contribution is 2.57. The van der Waals surface area contributed by atoms with Crippen molar-refractivity contribution >= 4 is 54.8 Å². The van der Waals surface area contributed by atoms with Crippen molar-refractivity contribution in [2.45, 2.75) is 21.6 Å². The zero-order chi connectivity index (χ0) is 21.1. The smallest absolute Gasteiger partial charge is 0.295 e. The van der Waals surface area contributed by atoms with Crippen molar-refractivity contribution in [3.8, 4) is 0 Å². The maximum atomic E-state index is 12.2. The second-order valence-corrected chi connectivity index (χ2v) is 10.6. The van der Waals surface area contributed by atoms with Crippen LogP contribution in [0.4, 0.5) is 11.4 Å². The lowest BCUT2D eigenvalue weighted by molar-refractivity contribution is 0.480. The summed E-state index contributed by atoms with van der Waals surface area (Å²) in [5.74, 6) is 0. The summed E-state index contributed by atoms with van der Waals surface area (Å²) >= 11 is 2.91. The molecule has 5 rings (SSSR count). The summed E-state index contributed by atoms with van der Waals surface area (Å²) in [6, 6.07) is 17.1. The van der Waals surface area contributed by atoms with Gasteiger partial charge < -0.3 is 11.1 Å². The van der Waals surface area contributed by atoms with E-state index in [1.54, 1.807) is 29.8 Å². The molecule has 6 nitrogen and oxygen atoms in total. The van der Waals surface area contributed by atoms with Crippen LogP contribution in [0.25, 0.3) is 10.2 Å². The minimum absolute atomic E-state index is 0.0614. The average molecular weight is 456 g/mol. The molecular formula is C21H17N3O3S3. The first-order valence-electron chi connectivity index (χ1n) is 9.06. The van der Waals surface area contributed by atoms with E-state index in [0.29, 0.717) is 21.8 Å². The van der Waals surface area contributed by atoms with Crippen molar-refractivity contribution in [3.05, 3.63) is 76.8 Å². The van der Waals surface area contributed by atoms with Gasteiger partial charge in [0.05, 0.1) is 26.3 Å². The molecule has 1 aliphatic heterocycles. The second-order valence-electron chi connectivity index (χ2n) is 7.13. The van der Waals surface area contributed by atoms with Gasteiger partial charge >= 0.3 is 0 Å². The molecule has 3 aromatic carbocycles. The van der Waals surface area contributed by atoms with Crippen LogP contribution in [-0.2, 0) is 15.0 Å². The molecular weight excluding hydrogens is 438 g/mol. The molecule has 0 spiro atoms. The summed E-state index contributed by atoms with van der Waals surface area (Å²) in [5.41, 5.74) is 12.3. The molecule has 0 saturated carbocycles. The van der Waals surface area contributed by atoms with Crippen LogP contribution in [0, 0.1) is 6.92 Å². The van der Waals surface area contributed by atoms with E-state index < -0.39 is 15.0 Å². The fraction of sp³-hybridized carbons (Fsp3) is 0.0952. The normalized spacial score (nSPS) is 18.3. The summed E-state index contributed by atoms with van der Waals surface area (Å²) in [4.78, 5) is 4.00. The lowest BCUT2D eigenvalue weighted by Gasteiger charge is -2.30. The number of nitrogens with two attached hydrogens (primary N) is 1. The van der Waals surface area contributed by atoms with Gasteiger partial charge in [-0.1, -0.05) is 36.0 Å². The second kappa shape index (κ2) is 6.71. The summed E-state index contributed by atoms with van der Waals surface area (Å²) in [5, 5.41) is 3.53. The van der Waals surface area contributed by atoms with E-state index in [9.17, 15) is 13.0 Å². The fourth-order valence-electron chi connectivity index (χ4n) is 3.77. The van der Waals surface area contributed by atoms with E-state index in [2.05, 4.69) is 16.4 Å². The standard InChI is InChI=1S/C21H17N3O3S3/c1-12-2-8-17-19(20(12)30(25,26)27)29-21(24-17,13-3-6-15(22)7-4-13)14-5-9-16-18(10-14)28-11-23-16/h2-11,24H,22H2,1H3,(H,25,26,27). The van der Waals surface area contributed by atoms with E-state index >= 15 is 0 Å². The molecule has 1 unspecified atom stereocenters. The molecule has 0 aliphatic carbocycles. The number of aryl methyl sites for hydroxylation is 1. The first kappa shape index (κ1) is 19.4. The Morgan fingerprint density at radius 3 is 2.53 bits per heavy atom. The third-order valence-corrected chi connectivity index (χ3v) is 8.66. The van der Waals surface area contributed by atoms with Crippen molar-refractivity contribution in [1.29, 1.82) is 0 Å². The zero-order valence-corrected chi connectivity index (χ0v) is 18.2. The molecule has 0 bridgehead atoms. The molecule has 0 saturated heterocycles. The molecule has 152 valence electrons. The maximum absolute atomic E-state index is 12.2. The molecule has 2 heterocycles.